The molecule has 1 unspecified atom stereocenters. The number of rotatable bonds is 3. The lowest BCUT2D eigenvalue weighted by molar-refractivity contribution is -0.131. The third-order valence-electron chi connectivity index (χ3n) is 3.25. The number of nitrogens with zero attached hydrogens (tertiary/aromatic N) is 1. The van der Waals surface area contributed by atoms with E-state index in [9.17, 15) is 9.59 Å². The Kier molecular flexibility index (Phi) is 4.79. The van der Waals surface area contributed by atoms with Crippen LogP contribution in [0.5, 0.6) is 0 Å². The molecule has 102 valence electrons. The predicted molar refractivity (Wildman–Crippen MR) is 81.9 cm³/mol. The Bertz CT molecular complexity index is 484. The molecule has 1 aliphatic heterocycles. The minimum Gasteiger partial charge on any atom is -0.341 e. The molecule has 19 heavy (non-hydrogen) atoms. The van der Waals surface area contributed by atoms with E-state index in [1.165, 1.54) is 0 Å². The second-order valence-corrected chi connectivity index (χ2v) is 5.87. The Balaban J connectivity index is 1.98. The van der Waals surface area contributed by atoms with E-state index in [2.05, 4.69) is 27.9 Å². The molecule has 0 bridgehead atoms. The lowest BCUT2D eigenvalue weighted by Gasteiger charge is -2.21. The number of hydrogen-bond acceptors (Lipinski definition) is 2. The fraction of sp³-hybridized carbons (Fsp3) is 0.429. The standard InChI is InChI=1S/C14H17IN2O2/c1-10(14(19)17-8-4-5-9-17)16-13(18)11-6-2-3-7-12(11)15/h2-3,6-7,10H,4-5,8-9H2,1H3,(H,16,18). The van der Waals surface area contributed by atoms with Crippen molar-refractivity contribution < 1.29 is 9.59 Å². The van der Waals surface area contributed by atoms with Crippen molar-refractivity contribution in [2.45, 2.75) is 25.8 Å². The fourth-order valence-electron chi connectivity index (χ4n) is 2.19. The summed E-state index contributed by atoms with van der Waals surface area (Å²) >= 11 is 2.12. The molecule has 2 amide bonds. The van der Waals surface area contributed by atoms with E-state index in [4.69, 9.17) is 0 Å². The zero-order valence-electron chi connectivity index (χ0n) is 10.9. The van der Waals surface area contributed by atoms with Gasteiger partial charge in [-0.25, -0.2) is 0 Å². The first-order chi connectivity index (χ1) is 9.09. The molecular weight excluding hydrogens is 355 g/mol. The minimum atomic E-state index is -0.471. The number of hydrogen-bond donors (Lipinski definition) is 1. The van der Waals surface area contributed by atoms with Crippen molar-refractivity contribution in [3.05, 3.63) is 33.4 Å². The maximum atomic E-state index is 12.1. The van der Waals surface area contributed by atoms with Crippen LogP contribution in [-0.2, 0) is 4.79 Å². The van der Waals surface area contributed by atoms with Gasteiger partial charge in [-0.1, -0.05) is 12.1 Å². The lowest BCUT2D eigenvalue weighted by Crippen LogP contribution is -2.46. The van der Waals surface area contributed by atoms with Gasteiger partial charge in [0.05, 0.1) is 5.56 Å². The number of carbonyl (C=O) groups excluding carboxylic acids is 2. The van der Waals surface area contributed by atoms with Gasteiger partial charge in [0.2, 0.25) is 5.91 Å². The van der Waals surface area contributed by atoms with E-state index in [0.717, 1.165) is 29.5 Å². The van der Waals surface area contributed by atoms with Gasteiger partial charge >= 0.3 is 0 Å². The molecule has 0 aliphatic carbocycles. The zero-order chi connectivity index (χ0) is 13.8. The molecule has 1 saturated heterocycles. The van der Waals surface area contributed by atoms with Crippen molar-refractivity contribution in [1.29, 1.82) is 0 Å². The Morgan fingerprint density at radius 2 is 1.89 bits per heavy atom. The van der Waals surface area contributed by atoms with Crippen LogP contribution in [0.15, 0.2) is 24.3 Å². The fourth-order valence-corrected chi connectivity index (χ4v) is 2.83. The largest absolute Gasteiger partial charge is 0.341 e. The van der Waals surface area contributed by atoms with Crippen molar-refractivity contribution in [2.75, 3.05) is 13.1 Å². The van der Waals surface area contributed by atoms with Crippen molar-refractivity contribution >= 4 is 34.4 Å². The Morgan fingerprint density at radius 1 is 1.26 bits per heavy atom. The van der Waals surface area contributed by atoms with Crippen LogP contribution in [0.25, 0.3) is 0 Å². The Hall–Kier alpha value is -1.11. The molecule has 1 aromatic carbocycles. The topological polar surface area (TPSA) is 49.4 Å². The summed E-state index contributed by atoms with van der Waals surface area (Å²) < 4.78 is 0.887. The van der Waals surface area contributed by atoms with Gasteiger partial charge in [-0.2, -0.15) is 0 Å². The van der Waals surface area contributed by atoms with Crippen LogP contribution in [0.2, 0.25) is 0 Å². The summed E-state index contributed by atoms with van der Waals surface area (Å²) in [4.78, 5) is 26.0. The zero-order valence-corrected chi connectivity index (χ0v) is 13.0. The number of nitrogens with one attached hydrogen (secondary N) is 1. The summed E-state index contributed by atoms with van der Waals surface area (Å²) in [6.07, 6.45) is 2.12. The van der Waals surface area contributed by atoms with Crippen LogP contribution in [-0.4, -0.2) is 35.8 Å². The quantitative estimate of drug-likeness (QED) is 0.826. The summed E-state index contributed by atoms with van der Waals surface area (Å²) in [5, 5.41) is 2.78. The average Bonchev–Trinajstić information content (AvgIpc) is 2.92. The van der Waals surface area contributed by atoms with Crippen molar-refractivity contribution in [1.82, 2.24) is 10.2 Å². The van der Waals surface area contributed by atoms with Crippen LogP contribution in [0.3, 0.4) is 0 Å². The molecule has 1 aromatic rings. The lowest BCUT2D eigenvalue weighted by atomic mass is 10.2. The molecule has 0 spiro atoms. The van der Waals surface area contributed by atoms with Gasteiger partial charge in [0, 0.05) is 16.7 Å². The van der Waals surface area contributed by atoms with Gasteiger partial charge in [0.15, 0.2) is 0 Å². The summed E-state index contributed by atoms with van der Waals surface area (Å²) in [7, 11) is 0. The molecule has 1 aliphatic rings. The van der Waals surface area contributed by atoms with Gasteiger partial charge in [-0.15, -0.1) is 0 Å². The molecule has 0 radical (unpaired) electrons. The minimum absolute atomic E-state index is 0.0109. The second kappa shape index (κ2) is 6.36. The van der Waals surface area contributed by atoms with Crippen LogP contribution in [0.4, 0.5) is 0 Å². The van der Waals surface area contributed by atoms with Gasteiger partial charge in [-0.3, -0.25) is 9.59 Å². The highest BCUT2D eigenvalue weighted by Crippen LogP contribution is 2.12. The van der Waals surface area contributed by atoms with E-state index in [0.29, 0.717) is 5.56 Å². The van der Waals surface area contributed by atoms with Crippen molar-refractivity contribution in [3.8, 4) is 0 Å². The summed E-state index contributed by atoms with van der Waals surface area (Å²) in [5.41, 5.74) is 0.615. The molecule has 0 saturated carbocycles. The van der Waals surface area contributed by atoms with Crippen molar-refractivity contribution in [2.24, 2.45) is 0 Å². The Morgan fingerprint density at radius 3 is 2.53 bits per heavy atom. The van der Waals surface area contributed by atoms with E-state index in [1.807, 2.05) is 23.1 Å². The first-order valence-corrected chi connectivity index (χ1v) is 7.51. The third-order valence-corrected chi connectivity index (χ3v) is 4.19. The number of benzene rings is 1. The van der Waals surface area contributed by atoms with Crippen molar-refractivity contribution in [3.63, 3.8) is 0 Å². The SMILES string of the molecule is CC(NC(=O)c1ccccc1I)C(=O)N1CCCC1. The van der Waals surface area contributed by atoms with Crippen LogP contribution in [0, 0.1) is 3.57 Å². The highest BCUT2D eigenvalue weighted by atomic mass is 127. The Labute approximate surface area is 126 Å². The highest BCUT2D eigenvalue weighted by molar-refractivity contribution is 14.1. The monoisotopic (exact) mass is 372 g/mol. The molecule has 4 nitrogen and oxygen atoms in total. The average molecular weight is 372 g/mol. The van der Waals surface area contributed by atoms with Crippen LogP contribution < -0.4 is 5.32 Å². The maximum Gasteiger partial charge on any atom is 0.252 e. The molecule has 2 rings (SSSR count). The molecule has 1 fully saturated rings. The summed E-state index contributed by atoms with van der Waals surface area (Å²) in [5.74, 6) is -0.179. The predicted octanol–water partition coefficient (Wildman–Crippen LogP) is 2.03. The van der Waals surface area contributed by atoms with Gasteiger partial charge < -0.3 is 10.2 Å². The maximum absolute atomic E-state index is 12.1. The normalized spacial score (nSPS) is 16.2. The smallest absolute Gasteiger partial charge is 0.252 e. The number of likely N-dealkylation sites (tertiary alicyclic amines) is 1. The second-order valence-electron chi connectivity index (χ2n) is 4.71. The molecule has 5 heteroatoms. The van der Waals surface area contributed by atoms with E-state index in [-0.39, 0.29) is 11.8 Å². The summed E-state index contributed by atoms with van der Waals surface area (Å²) in [6, 6.07) is 6.88. The highest BCUT2D eigenvalue weighted by Gasteiger charge is 2.24. The molecule has 1 N–H and O–H groups in total. The van der Waals surface area contributed by atoms with E-state index in [1.54, 1.807) is 13.0 Å². The van der Waals surface area contributed by atoms with Gasteiger partial charge in [0.25, 0.3) is 5.91 Å². The van der Waals surface area contributed by atoms with Crippen LogP contribution in [0.1, 0.15) is 30.1 Å². The molecule has 1 atom stereocenters. The third kappa shape index (κ3) is 3.46. The van der Waals surface area contributed by atoms with Crippen LogP contribution >= 0.6 is 22.6 Å². The van der Waals surface area contributed by atoms with Gasteiger partial charge in [0.1, 0.15) is 6.04 Å². The number of halogens is 1. The number of amides is 2. The van der Waals surface area contributed by atoms with E-state index >= 15 is 0 Å². The number of carbonyl (C=O) groups is 2. The molecule has 0 aromatic heterocycles. The first kappa shape index (κ1) is 14.3. The van der Waals surface area contributed by atoms with E-state index < -0.39 is 6.04 Å². The first-order valence-electron chi connectivity index (χ1n) is 6.44. The molecular formula is C14H17IN2O2. The molecule has 1 heterocycles. The van der Waals surface area contributed by atoms with Gasteiger partial charge in [-0.05, 0) is 54.5 Å². The summed E-state index contributed by atoms with van der Waals surface area (Å²) in [6.45, 7) is 3.36.